The molecule has 0 radical (unpaired) electrons. The zero-order chi connectivity index (χ0) is 16.9. The molecule has 3 rings (SSSR count). The minimum absolute atomic E-state index is 0.129. The smallest absolute Gasteiger partial charge is 0.262 e. The Hall–Kier alpha value is -2.24. The maximum atomic E-state index is 12.7. The molecule has 2 amide bonds. The SMILES string of the molecule is CNC(=O)[C@@H]1CN(CC(=O)N2CCCCCC2)c2ccccc2O1. The first-order valence-electron chi connectivity index (χ1n) is 8.69. The Morgan fingerprint density at radius 3 is 2.58 bits per heavy atom. The summed E-state index contributed by atoms with van der Waals surface area (Å²) >= 11 is 0. The molecular formula is C18H25N3O3. The van der Waals surface area contributed by atoms with Crippen LogP contribution in [0.3, 0.4) is 0 Å². The third-order valence-corrected chi connectivity index (χ3v) is 4.69. The summed E-state index contributed by atoms with van der Waals surface area (Å²) in [6, 6.07) is 7.57. The fourth-order valence-electron chi connectivity index (χ4n) is 3.34. The van der Waals surface area contributed by atoms with Crippen molar-refractivity contribution in [1.29, 1.82) is 0 Å². The number of amides is 2. The normalized spacial score (nSPS) is 20.6. The van der Waals surface area contributed by atoms with E-state index < -0.39 is 6.10 Å². The van der Waals surface area contributed by atoms with E-state index in [1.165, 1.54) is 12.8 Å². The first kappa shape index (κ1) is 16.6. The monoisotopic (exact) mass is 331 g/mol. The topological polar surface area (TPSA) is 61.9 Å². The molecule has 0 aliphatic carbocycles. The molecule has 1 N–H and O–H groups in total. The van der Waals surface area contributed by atoms with Gasteiger partial charge in [0.2, 0.25) is 5.91 Å². The number of hydrogen-bond donors (Lipinski definition) is 1. The molecule has 0 spiro atoms. The second kappa shape index (κ2) is 7.55. The molecule has 0 unspecified atom stereocenters. The highest BCUT2D eigenvalue weighted by Gasteiger charge is 2.31. The molecule has 2 aliphatic heterocycles. The van der Waals surface area contributed by atoms with E-state index in [0.717, 1.165) is 31.6 Å². The first-order valence-corrected chi connectivity index (χ1v) is 8.69. The summed E-state index contributed by atoms with van der Waals surface area (Å²) in [5, 5.41) is 2.63. The standard InChI is InChI=1S/C18H25N3O3/c1-19-18(23)16-12-21(14-8-4-5-9-15(14)24-16)13-17(22)20-10-6-2-3-7-11-20/h4-5,8-9,16H,2-3,6-7,10-13H2,1H3,(H,19,23)/t16-/m0/s1. The number of rotatable bonds is 3. The van der Waals surface area contributed by atoms with E-state index in [1.807, 2.05) is 34.1 Å². The van der Waals surface area contributed by atoms with Crippen molar-refractivity contribution in [2.75, 3.05) is 38.1 Å². The van der Waals surface area contributed by atoms with Crippen molar-refractivity contribution in [3.63, 3.8) is 0 Å². The second-order valence-electron chi connectivity index (χ2n) is 6.36. The van der Waals surface area contributed by atoms with Crippen molar-refractivity contribution in [2.45, 2.75) is 31.8 Å². The van der Waals surface area contributed by atoms with Crippen LogP contribution in [0.4, 0.5) is 5.69 Å². The van der Waals surface area contributed by atoms with Crippen molar-refractivity contribution in [1.82, 2.24) is 10.2 Å². The number of likely N-dealkylation sites (N-methyl/N-ethyl adjacent to an activating group) is 1. The van der Waals surface area contributed by atoms with Gasteiger partial charge in [0.1, 0.15) is 5.75 Å². The number of nitrogens with zero attached hydrogens (tertiary/aromatic N) is 2. The highest BCUT2D eigenvalue weighted by molar-refractivity contribution is 5.86. The predicted molar refractivity (Wildman–Crippen MR) is 92.2 cm³/mol. The van der Waals surface area contributed by atoms with E-state index in [2.05, 4.69) is 5.32 Å². The average Bonchev–Trinajstić information content (AvgIpc) is 2.90. The fraction of sp³-hybridized carbons (Fsp3) is 0.556. The first-order chi connectivity index (χ1) is 11.7. The van der Waals surface area contributed by atoms with Crippen LogP contribution in [0.1, 0.15) is 25.7 Å². The Morgan fingerprint density at radius 2 is 1.88 bits per heavy atom. The lowest BCUT2D eigenvalue weighted by atomic mass is 10.1. The number of para-hydroxylation sites is 2. The minimum Gasteiger partial charge on any atom is -0.477 e. The van der Waals surface area contributed by atoms with Gasteiger partial charge in [-0.25, -0.2) is 0 Å². The van der Waals surface area contributed by atoms with Crippen LogP contribution < -0.4 is 15.0 Å². The van der Waals surface area contributed by atoms with Gasteiger partial charge in [0, 0.05) is 20.1 Å². The van der Waals surface area contributed by atoms with Crippen LogP contribution in [0.5, 0.6) is 5.75 Å². The number of fused-ring (bicyclic) bond motifs is 1. The Labute approximate surface area is 142 Å². The lowest BCUT2D eigenvalue weighted by molar-refractivity contribution is -0.131. The zero-order valence-corrected chi connectivity index (χ0v) is 14.2. The molecule has 1 fully saturated rings. The summed E-state index contributed by atoms with van der Waals surface area (Å²) in [6.07, 6.45) is 3.95. The third-order valence-electron chi connectivity index (χ3n) is 4.69. The van der Waals surface area contributed by atoms with E-state index in [0.29, 0.717) is 12.3 Å². The van der Waals surface area contributed by atoms with Gasteiger partial charge in [0.15, 0.2) is 6.10 Å². The molecular weight excluding hydrogens is 306 g/mol. The van der Waals surface area contributed by atoms with Gasteiger partial charge in [0.25, 0.3) is 5.91 Å². The number of likely N-dealkylation sites (tertiary alicyclic amines) is 1. The summed E-state index contributed by atoms with van der Waals surface area (Å²) in [5.41, 5.74) is 0.876. The van der Waals surface area contributed by atoms with E-state index >= 15 is 0 Å². The predicted octanol–water partition coefficient (Wildman–Crippen LogP) is 1.40. The van der Waals surface area contributed by atoms with Crippen molar-refractivity contribution < 1.29 is 14.3 Å². The zero-order valence-electron chi connectivity index (χ0n) is 14.2. The molecule has 0 saturated carbocycles. The van der Waals surface area contributed by atoms with Crippen LogP contribution >= 0.6 is 0 Å². The summed E-state index contributed by atoms with van der Waals surface area (Å²) in [6.45, 7) is 2.34. The van der Waals surface area contributed by atoms with Crippen molar-refractivity contribution >= 4 is 17.5 Å². The number of carbonyl (C=O) groups excluding carboxylic acids is 2. The maximum Gasteiger partial charge on any atom is 0.262 e. The molecule has 130 valence electrons. The summed E-state index contributed by atoms with van der Waals surface area (Å²) in [7, 11) is 1.60. The van der Waals surface area contributed by atoms with E-state index in [4.69, 9.17) is 4.74 Å². The van der Waals surface area contributed by atoms with Crippen LogP contribution in [0.25, 0.3) is 0 Å². The summed E-state index contributed by atoms with van der Waals surface area (Å²) < 4.78 is 5.78. The van der Waals surface area contributed by atoms with Gasteiger partial charge in [0.05, 0.1) is 18.8 Å². The van der Waals surface area contributed by atoms with Gasteiger partial charge in [-0.1, -0.05) is 25.0 Å². The molecule has 0 aromatic heterocycles. The van der Waals surface area contributed by atoms with Gasteiger partial charge in [-0.05, 0) is 25.0 Å². The molecule has 2 heterocycles. The third kappa shape index (κ3) is 3.63. The Morgan fingerprint density at radius 1 is 1.17 bits per heavy atom. The number of carbonyl (C=O) groups is 2. The molecule has 24 heavy (non-hydrogen) atoms. The Bertz CT molecular complexity index is 597. The average molecular weight is 331 g/mol. The fourth-order valence-corrected chi connectivity index (χ4v) is 3.34. The summed E-state index contributed by atoms with van der Waals surface area (Å²) in [4.78, 5) is 28.6. The molecule has 1 saturated heterocycles. The van der Waals surface area contributed by atoms with Crippen LogP contribution in [0.15, 0.2) is 24.3 Å². The largest absolute Gasteiger partial charge is 0.477 e. The number of ether oxygens (including phenoxy) is 1. The number of hydrogen-bond acceptors (Lipinski definition) is 4. The lowest BCUT2D eigenvalue weighted by Crippen LogP contribution is -2.51. The molecule has 0 bridgehead atoms. The van der Waals surface area contributed by atoms with Gasteiger partial charge in [-0.3, -0.25) is 9.59 Å². The van der Waals surface area contributed by atoms with Crippen LogP contribution in [0, 0.1) is 0 Å². The maximum absolute atomic E-state index is 12.7. The van der Waals surface area contributed by atoms with Crippen molar-refractivity contribution in [3.05, 3.63) is 24.3 Å². The van der Waals surface area contributed by atoms with Gasteiger partial charge >= 0.3 is 0 Å². The molecule has 6 heteroatoms. The van der Waals surface area contributed by atoms with Crippen molar-refractivity contribution in [3.8, 4) is 5.75 Å². The van der Waals surface area contributed by atoms with Crippen molar-refractivity contribution in [2.24, 2.45) is 0 Å². The number of anilines is 1. The van der Waals surface area contributed by atoms with Gasteiger partial charge in [-0.15, -0.1) is 0 Å². The molecule has 6 nitrogen and oxygen atoms in total. The highest BCUT2D eigenvalue weighted by Crippen LogP contribution is 2.33. The van der Waals surface area contributed by atoms with E-state index in [-0.39, 0.29) is 18.4 Å². The number of benzene rings is 1. The van der Waals surface area contributed by atoms with Crippen LogP contribution in [0.2, 0.25) is 0 Å². The van der Waals surface area contributed by atoms with Gasteiger partial charge < -0.3 is 19.9 Å². The minimum atomic E-state index is -0.596. The van der Waals surface area contributed by atoms with E-state index in [1.54, 1.807) is 7.05 Å². The molecule has 2 aliphatic rings. The summed E-state index contributed by atoms with van der Waals surface area (Å²) in [5.74, 6) is 0.613. The highest BCUT2D eigenvalue weighted by atomic mass is 16.5. The van der Waals surface area contributed by atoms with Crippen LogP contribution in [-0.2, 0) is 9.59 Å². The van der Waals surface area contributed by atoms with Crippen LogP contribution in [-0.4, -0.2) is 56.0 Å². The quantitative estimate of drug-likeness (QED) is 0.909. The molecule has 1 atom stereocenters. The number of nitrogens with one attached hydrogen (secondary N) is 1. The lowest BCUT2D eigenvalue weighted by Gasteiger charge is -2.36. The Kier molecular flexibility index (Phi) is 5.23. The van der Waals surface area contributed by atoms with Gasteiger partial charge in [-0.2, -0.15) is 0 Å². The Balaban J connectivity index is 1.75. The molecule has 1 aromatic rings. The van der Waals surface area contributed by atoms with E-state index in [9.17, 15) is 9.59 Å². The second-order valence-corrected chi connectivity index (χ2v) is 6.36. The molecule has 1 aromatic carbocycles.